The molecule has 0 aliphatic rings. The second kappa shape index (κ2) is 9.44. The van der Waals surface area contributed by atoms with Crippen LogP contribution in [0.3, 0.4) is 0 Å². The molecule has 0 aliphatic carbocycles. The molecule has 0 radical (unpaired) electrons. The average Bonchev–Trinajstić information content (AvgIpc) is 2.61. The van der Waals surface area contributed by atoms with E-state index in [2.05, 4.69) is 46.8 Å². The molecule has 6 heteroatoms. The number of alkyl halides is 4. The Morgan fingerprint density at radius 1 is 1.00 bits per heavy atom. The standard InChI is InChI=1S/C21H24BrClF3N/c1-20(2,17-9-4-3-5-10-17)15-27(13-7-12-22)14-16-8-6-11-18(19(16)23)21(24,25)26/h3-6,8-11H,7,12-15H2,1-2H3. The van der Waals surface area contributed by atoms with Crippen LogP contribution >= 0.6 is 27.5 Å². The van der Waals surface area contributed by atoms with Gasteiger partial charge in [-0.3, -0.25) is 4.90 Å². The van der Waals surface area contributed by atoms with Crippen LogP contribution in [0.5, 0.6) is 0 Å². The molecule has 0 N–H and O–H groups in total. The van der Waals surface area contributed by atoms with Gasteiger partial charge in [-0.2, -0.15) is 13.2 Å². The zero-order valence-electron chi connectivity index (χ0n) is 15.5. The average molecular weight is 463 g/mol. The fraction of sp³-hybridized carbons (Fsp3) is 0.429. The molecule has 0 bridgehead atoms. The summed E-state index contributed by atoms with van der Waals surface area (Å²) in [6, 6.07) is 14.3. The molecule has 2 aromatic rings. The highest BCUT2D eigenvalue weighted by Gasteiger charge is 2.34. The van der Waals surface area contributed by atoms with Crippen LogP contribution in [0.2, 0.25) is 5.02 Å². The van der Waals surface area contributed by atoms with Crippen LogP contribution in [0.25, 0.3) is 0 Å². The first kappa shape index (κ1) is 22.3. The molecule has 2 aromatic carbocycles. The summed E-state index contributed by atoms with van der Waals surface area (Å²) in [5.41, 5.74) is 0.792. The number of nitrogens with zero attached hydrogens (tertiary/aromatic N) is 1. The molecule has 0 spiro atoms. The Morgan fingerprint density at radius 2 is 1.67 bits per heavy atom. The van der Waals surface area contributed by atoms with E-state index < -0.39 is 11.7 Å². The molecular weight excluding hydrogens is 439 g/mol. The van der Waals surface area contributed by atoms with Gasteiger partial charge in [0.1, 0.15) is 0 Å². The van der Waals surface area contributed by atoms with E-state index in [0.717, 1.165) is 30.9 Å². The van der Waals surface area contributed by atoms with Gasteiger partial charge in [0, 0.05) is 23.8 Å². The molecule has 27 heavy (non-hydrogen) atoms. The fourth-order valence-electron chi connectivity index (χ4n) is 3.20. The smallest absolute Gasteiger partial charge is 0.298 e. The van der Waals surface area contributed by atoms with Crippen molar-refractivity contribution in [2.24, 2.45) is 0 Å². The molecule has 0 heterocycles. The van der Waals surface area contributed by atoms with Gasteiger partial charge in [0.25, 0.3) is 0 Å². The van der Waals surface area contributed by atoms with Gasteiger partial charge >= 0.3 is 6.18 Å². The van der Waals surface area contributed by atoms with Gasteiger partial charge in [0.15, 0.2) is 0 Å². The third-order valence-electron chi connectivity index (χ3n) is 4.56. The van der Waals surface area contributed by atoms with Crippen molar-refractivity contribution in [3.8, 4) is 0 Å². The van der Waals surface area contributed by atoms with Crippen molar-refractivity contribution >= 4 is 27.5 Å². The van der Waals surface area contributed by atoms with Crippen LogP contribution in [0.1, 0.15) is 37.0 Å². The number of rotatable bonds is 8. The van der Waals surface area contributed by atoms with Crippen molar-refractivity contribution in [2.45, 2.75) is 38.4 Å². The molecule has 0 unspecified atom stereocenters. The van der Waals surface area contributed by atoms with Crippen molar-refractivity contribution in [2.75, 3.05) is 18.4 Å². The van der Waals surface area contributed by atoms with Crippen molar-refractivity contribution in [1.82, 2.24) is 4.90 Å². The summed E-state index contributed by atoms with van der Waals surface area (Å²) in [6.07, 6.45) is -3.54. The van der Waals surface area contributed by atoms with Crippen molar-refractivity contribution in [3.05, 3.63) is 70.2 Å². The Kier molecular flexibility index (Phi) is 7.78. The van der Waals surface area contributed by atoms with E-state index in [9.17, 15) is 13.2 Å². The lowest BCUT2D eigenvalue weighted by Gasteiger charge is -2.33. The van der Waals surface area contributed by atoms with E-state index in [4.69, 9.17) is 11.6 Å². The molecule has 0 fully saturated rings. The Labute approximate surface area is 172 Å². The van der Waals surface area contributed by atoms with E-state index in [0.29, 0.717) is 12.1 Å². The number of hydrogen-bond donors (Lipinski definition) is 0. The summed E-state index contributed by atoms with van der Waals surface area (Å²) < 4.78 is 39.5. The predicted molar refractivity (Wildman–Crippen MR) is 110 cm³/mol. The SMILES string of the molecule is CC(C)(CN(CCCBr)Cc1cccc(C(F)(F)F)c1Cl)c1ccccc1. The third-order valence-corrected chi connectivity index (χ3v) is 5.57. The quantitative estimate of drug-likeness (QED) is 0.385. The van der Waals surface area contributed by atoms with E-state index in [1.54, 1.807) is 6.07 Å². The first-order chi connectivity index (χ1) is 12.6. The highest BCUT2D eigenvalue weighted by molar-refractivity contribution is 9.09. The zero-order valence-corrected chi connectivity index (χ0v) is 17.8. The summed E-state index contributed by atoms with van der Waals surface area (Å²) in [5.74, 6) is 0. The van der Waals surface area contributed by atoms with Gasteiger partial charge in [-0.25, -0.2) is 0 Å². The summed E-state index contributed by atoms with van der Waals surface area (Å²) in [6.45, 7) is 6.17. The van der Waals surface area contributed by atoms with Crippen LogP contribution in [-0.2, 0) is 18.1 Å². The Hall–Kier alpha value is -1.04. The molecule has 0 saturated heterocycles. The van der Waals surface area contributed by atoms with Crippen molar-refractivity contribution in [3.63, 3.8) is 0 Å². The molecule has 0 aromatic heterocycles. The Balaban J connectivity index is 2.25. The zero-order chi connectivity index (χ0) is 20.1. The van der Waals surface area contributed by atoms with Gasteiger partial charge in [-0.05, 0) is 30.2 Å². The van der Waals surface area contributed by atoms with Crippen LogP contribution in [-0.4, -0.2) is 23.3 Å². The number of benzene rings is 2. The highest BCUT2D eigenvalue weighted by atomic mass is 79.9. The second-order valence-corrected chi connectivity index (χ2v) is 8.45. The monoisotopic (exact) mass is 461 g/mol. The van der Waals surface area contributed by atoms with Crippen molar-refractivity contribution in [1.29, 1.82) is 0 Å². The summed E-state index contributed by atoms with van der Waals surface area (Å²) in [5, 5.41) is 0.636. The Bertz CT molecular complexity index is 732. The molecular formula is C21H24BrClF3N. The number of hydrogen-bond acceptors (Lipinski definition) is 1. The minimum absolute atomic E-state index is 0.137. The first-order valence-electron chi connectivity index (χ1n) is 8.83. The Morgan fingerprint density at radius 3 is 2.26 bits per heavy atom. The summed E-state index contributed by atoms with van der Waals surface area (Å²) >= 11 is 9.54. The lowest BCUT2D eigenvalue weighted by atomic mass is 9.84. The van der Waals surface area contributed by atoms with Gasteiger partial charge in [-0.15, -0.1) is 0 Å². The molecule has 0 saturated carbocycles. The maximum atomic E-state index is 13.2. The highest BCUT2D eigenvalue weighted by Crippen LogP contribution is 2.37. The predicted octanol–water partition coefficient (Wildman–Crippen LogP) is 6.92. The number of halogens is 5. The molecule has 0 atom stereocenters. The lowest BCUT2D eigenvalue weighted by Crippen LogP contribution is -2.37. The van der Waals surface area contributed by atoms with Gasteiger partial charge < -0.3 is 0 Å². The molecule has 148 valence electrons. The van der Waals surface area contributed by atoms with Gasteiger partial charge in [0.05, 0.1) is 10.6 Å². The maximum absolute atomic E-state index is 13.2. The maximum Gasteiger partial charge on any atom is 0.417 e. The van der Waals surface area contributed by atoms with Crippen molar-refractivity contribution < 1.29 is 13.2 Å². The molecule has 2 rings (SSSR count). The van der Waals surface area contributed by atoms with Crippen LogP contribution < -0.4 is 0 Å². The van der Waals surface area contributed by atoms with Crippen LogP contribution in [0.15, 0.2) is 48.5 Å². The summed E-state index contributed by atoms with van der Waals surface area (Å²) in [7, 11) is 0. The lowest BCUT2D eigenvalue weighted by molar-refractivity contribution is -0.137. The van der Waals surface area contributed by atoms with E-state index in [1.165, 1.54) is 11.6 Å². The fourth-order valence-corrected chi connectivity index (χ4v) is 3.74. The van der Waals surface area contributed by atoms with E-state index in [1.807, 2.05) is 18.2 Å². The van der Waals surface area contributed by atoms with Crippen LogP contribution in [0.4, 0.5) is 13.2 Å². The molecule has 0 aliphatic heterocycles. The minimum Gasteiger partial charge on any atom is -0.298 e. The third kappa shape index (κ3) is 6.23. The summed E-state index contributed by atoms with van der Waals surface area (Å²) in [4.78, 5) is 2.18. The topological polar surface area (TPSA) is 3.24 Å². The normalized spacial score (nSPS) is 12.6. The largest absolute Gasteiger partial charge is 0.417 e. The van der Waals surface area contributed by atoms with E-state index in [-0.39, 0.29) is 10.4 Å². The minimum atomic E-state index is -4.45. The first-order valence-corrected chi connectivity index (χ1v) is 10.3. The van der Waals surface area contributed by atoms with E-state index >= 15 is 0 Å². The molecule has 0 amide bonds. The van der Waals surface area contributed by atoms with Gasteiger partial charge in [0.2, 0.25) is 0 Å². The second-order valence-electron chi connectivity index (χ2n) is 7.28. The van der Waals surface area contributed by atoms with Gasteiger partial charge in [-0.1, -0.05) is 83.8 Å². The molecule has 1 nitrogen and oxygen atoms in total. The van der Waals surface area contributed by atoms with Crippen LogP contribution in [0, 0.1) is 0 Å².